The van der Waals surface area contributed by atoms with Crippen LogP contribution in [0.5, 0.6) is 0 Å². The van der Waals surface area contributed by atoms with Gasteiger partial charge in [-0.05, 0) is 116 Å². The zero-order chi connectivity index (χ0) is 55.0. The van der Waals surface area contributed by atoms with Crippen LogP contribution in [0.3, 0.4) is 0 Å². The van der Waals surface area contributed by atoms with E-state index in [1.165, 1.54) is 83.5 Å². The SMILES string of the molecule is CC/C=C\C/C=C\C/C=C\C/C=C\C/C=C\C/C=C\CCCCCCCCC(=O)OCC(COC(=O)CCCCCCCCCCCCCCCC)OC(=O)CCCCC/C=C\C/C=C\C/C=C\C/C=C\C/C=C\CC. The maximum Gasteiger partial charge on any atom is 0.306 e. The van der Waals surface area contributed by atoms with E-state index in [-0.39, 0.29) is 37.5 Å². The predicted octanol–water partition coefficient (Wildman–Crippen LogP) is 21.4. The van der Waals surface area contributed by atoms with E-state index in [4.69, 9.17) is 14.2 Å². The van der Waals surface area contributed by atoms with Gasteiger partial charge in [0.05, 0.1) is 0 Å². The first-order chi connectivity index (χ1) is 37.5. The number of hydrogen-bond donors (Lipinski definition) is 0. The Labute approximate surface area is 468 Å². The summed E-state index contributed by atoms with van der Waals surface area (Å²) in [6.07, 6.45) is 88.7. The summed E-state index contributed by atoms with van der Waals surface area (Å²) in [5.41, 5.74) is 0. The van der Waals surface area contributed by atoms with E-state index >= 15 is 0 Å². The van der Waals surface area contributed by atoms with Crippen molar-refractivity contribution in [2.24, 2.45) is 0 Å². The van der Waals surface area contributed by atoms with Crippen LogP contribution in [-0.2, 0) is 28.6 Å². The molecule has 0 bridgehead atoms. The van der Waals surface area contributed by atoms with E-state index in [1.54, 1.807) is 0 Å². The number of rotatable bonds is 55. The first-order valence-corrected chi connectivity index (χ1v) is 31.2. The van der Waals surface area contributed by atoms with Crippen molar-refractivity contribution < 1.29 is 28.6 Å². The fourth-order valence-corrected chi connectivity index (χ4v) is 8.30. The largest absolute Gasteiger partial charge is 0.462 e. The first kappa shape index (κ1) is 71.5. The summed E-state index contributed by atoms with van der Waals surface area (Å²) in [5.74, 6) is -0.944. The molecule has 0 aliphatic rings. The summed E-state index contributed by atoms with van der Waals surface area (Å²) in [5, 5.41) is 0. The smallest absolute Gasteiger partial charge is 0.306 e. The molecule has 0 saturated heterocycles. The van der Waals surface area contributed by atoms with E-state index in [9.17, 15) is 14.4 Å². The molecule has 0 aromatic heterocycles. The molecular formula is C70H114O6. The molecule has 1 unspecified atom stereocenters. The van der Waals surface area contributed by atoms with Gasteiger partial charge in [0.2, 0.25) is 0 Å². The highest BCUT2D eigenvalue weighted by molar-refractivity contribution is 5.71. The van der Waals surface area contributed by atoms with Crippen LogP contribution in [0.15, 0.2) is 134 Å². The summed E-state index contributed by atoms with van der Waals surface area (Å²) >= 11 is 0. The average Bonchev–Trinajstić information content (AvgIpc) is 3.42. The molecule has 0 saturated carbocycles. The second-order valence-corrected chi connectivity index (χ2v) is 20.2. The van der Waals surface area contributed by atoms with Crippen molar-refractivity contribution in [3.05, 3.63) is 134 Å². The lowest BCUT2D eigenvalue weighted by molar-refractivity contribution is -0.167. The van der Waals surface area contributed by atoms with Crippen LogP contribution in [0, 0.1) is 0 Å². The van der Waals surface area contributed by atoms with Gasteiger partial charge in [0.25, 0.3) is 0 Å². The molecule has 6 heteroatoms. The van der Waals surface area contributed by atoms with Gasteiger partial charge in [-0.25, -0.2) is 0 Å². The highest BCUT2D eigenvalue weighted by Crippen LogP contribution is 2.15. The topological polar surface area (TPSA) is 78.9 Å². The Bertz CT molecular complexity index is 1630. The van der Waals surface area contributed by atoms with Gasteiger partial charge in [0.1, 0.15) is 13.2 Å². The summed E-state index contributed by atoms with van der Waals surface area (Å²) in [7, 11) is 0. The van der Waals surface area contributed by atoms with Crippen LogP contribution in [0.1, 0.15) is 271 Å². The van der Waals surface area contributed by atoms with E-state index in [1.807, 2.05) is 0 Å². The molecule has 0 amide bonds. The summed E-state index contributed by atoms with van der Waals surface area (Å²) in [4.78, 5) is 38.3. The van der Waals surface area contributed by atoms with Crippen molar-refractivity contribution in [2.45, 2.75) is 277 Å². The van der Waals surface area contributed by atoms with Crippen LogP contribution in [0.2, 0.25) is 0 Å². The van der Waals surface area contributed by atoms with E-state index in [0.717, 1.165) is 148 Å². The van der Waals surface area contributed by atoms with Gasteiger partial charge in [-0.2, -0.15) is 0 Å². The van der Waals surface area contributed by atoms with Gasteiger partial charge in [0, 0.05) is 19.3 Å². The van der Waals surface area contributed by atoms with Gasteiger partial charge in [-0.3, -0.25) is 14.4 Å². The molecule has 0 aromatic carbocycles. The molecule has 1 atom stereocenters. The minimum Gasteiger partial charge on any atom is -0.462 e. The Morgan fingerprint density at radius 2 is 0.513 bits per heavy atom. The molecule has 0 radical (unpaired) electrons. The third-order valence-electron chi connectivity index (χ3n) is 12.9. The Morgan fingerprint density at radius 1 is 0.276 bits per heavy atom. The van der Waals surface area contributed by atoms with Crippen LogP contribution in [0.4, 0.5) is 0 Å². The van der Waals surface area contributed by atoms with Crippen molar-refractivity contribution in [3.63, 3.8) is 0 Å². The van der Waals surface area contributed by atoms with Crippen molar-refractivity contribution >= 4 is 17.9 Å². The number of carbonyl (C=O) groups is 3. The third-order valence-corrected chi connectivity index (χ3v) is 12.9. The summed E-state index contributed by atoms with van der Waals surface area (Å²) in [6.45, 7) is 6.38. The number of hydrogen-bond acceptors (Lipinski definition) is 6. The van der Waals surface area contributed by atoms with E-state index < -0.39 is 6.10 Å². The van der Waals surface area contributed by atoms with Crippen molar-refractivity contribution in [2.75, 3.05) is 13.2 Å². The average molecular weight is 1050 g/mol. The first-order valence-electron chi connectivity index (χ1n) is 31.2. The second-order valence-electron chi connectivity index (χ2n) is 20.2. The van der Waals surface area contributed by atoms with Crippen LogP contribution < -0.4 is 0 Å². The van der Waals surface area contributed by atoms with Gasteiger partial charge in [0.15, 0.2) is 6.10 Å². The van der Waals surface area contributed by atoms with Gasteiger partial charge in [-0.1, -0.05) is 270 Å². The molecule has 6 nitrogen and oxygen atoms in total. The molecule has 0 aliphatic carbocycles. The zero-order valence-corrected chi connectivity index (χ0v) is 49.2. The molecule has 0 aromatic rings. The Balaban J connectivity index is 4.46. The van der Waals surface area contributed by atoms with Crippen molar-refractivity contribution in [1.29, 1.82) is 0 Å². The lowest BCUT2D eigenvalue weighted by Gasteiger charge is -2.18. The minimum atomic E-state index is -0.806. The third kappa shape index (κ3) is 60.4. The fourth-order valence-electron chi connectivity index (χ4n) is 8.30. The lowest BCUT2D eigenvalue weighted by Crippen LogP contribution is -2.30. The number of allylic oxidation sites excluding steroid dienone is 22. The Kier molecular flexibility index (Phi) is 59.4. The second kappa shape index (κ2) is 63.1. The molecule has 0 spiro atoms. The van der Waals surface area contributed by atoms with Gasteiger partial charge < -0.3 is 14.2 Å². The Hall–Kier alpha value is -4.45. The lowest BCUT2D eigenvalue weighted by atomic mass is 10.0. The molecule has 0 rings (SSSR count). The van der Waals surface area contributed by atoms with Gasteiger partial charge in [-0.15, -0.1) is 0 Å². The summed E-state index contributed by atoms with van der Waals surface area (Å²) in [6, 6.07) is 0. The predicted molar refractivity (Wildman–Crippen MR) is 329 cm³/mol. The molecule has 0 heterocycles. The van der Waals surface area contributed by atoms with Crippen molar-refractivity contribution in [3.8, 4) is 0 Å². The van der Waals surface area contributed by atoms with Crippen LogP contribution in [-0.4, -0.2) is 37.2 Å². The zero-order valence-electron chi connectivity index (χ0n) is 49.2. The standard InChI is InChI=1S/C70H114O6/c1-4-7-10-13-16-19-22-25-28-30-32-33-34-35-36-37-39-40-42-45-48-51-54-57-60-63-69(72)75-66-67(65-74-68(71)62-59-56-53-50-47-44-27-24-21-18-15-12-9-6-3)76-70(73)64-61-58-55-52-49-46-43-41-38-31-29-26-23-20-17-14-11-8-5-2/h7-8,10-11,16-17,19-20,25-26,28-29,32-33,35-36,38-41,46,49,67H,4-6,9,12-15,18,21-24,27,30-31,34,37,42-45,47-48,50-66H2,1-3H3/b10-7-,11-8-,19-16-,20-17-,28-25-,29-26-,33-32-,36-35-,40-39-,41-38-,49-46-. The quantitative estimate of drug-likeness (QED) is 0.0261. The minimum absolute atomic E-state index is 0.0981. The van der Waals surface area contributed by atoms with Crippen molar-refractivity contribution in [1.82, 2.24) is 0 Å². The van der Waals surface area contributed by atoms with Gasteiger partial charge >= 0.3 is 17.9 Å². The number of esters is 3. The number of unbranched alkanes of at least 4 members (excludes halogenated alkanes) is 22. The van der Waals surface area contributed by atoms with Crippen LogP contribution >= 0.6 is 0 Å². The molecule has 76 heavy (non-hydrogen) atoms. The number of ether oxygens (including phenoxy) is 3. The Morgan fingerprint density at radius 3 is 0.816 bits per heavy atom. The molecule has 0 N–H and O–H groups in total. The van der Waals surface area contributed by atoms with E-state index in [0.29, 0.717) is 12.8 Å². The maximum atomic E-state index is 12.9. The monoisotopic (exact) mass is 1050 g/mol. The van der Waals surface area contributed by atoms with E-state index in [2.05, 4.69) is 154 Å². The summed E-state index contributed by atoms with van der Waals surface area (Å²) < 4.78 is 16.9. The normalized spacial score (nSPS) is 13.0. The fraction of sp³-hybridized carbons (Fsp3) is 0.643. The number of carbonyl (C=O) groups excluding carboxylic acids is 3. The highest BCUT2D eigenvalue weighted by Gasteiger charge is 2.19. The molecular weight excluding hydrogens is 937 g/mol. The molecule has 0 aliphatic heterocycles. The molecule has 430 valence electrons. The molecule has 0 fully saturated rings. The van der Waals surface area contributed by atoms with Crippen LogP contribution in [0.25, 0.3) is 0 Å². The maximum absolute atomic E-state index is 12.9. The highest BCUT2D eigenvalue weighted by atomic mass is 16.6.